The predicted octanol–water partition coefficient (Wildman–Crippen LogP) is 4.75. The first-order valence-corrected chi connectivity index (χ1v) is 14.6. The average Bonchev–Trinajstić information content (AvgIpc) is 2.31. The van der Waals surface area contributed by atoms with Crippen LogP contribution in [0.25, 0.3) is 0 Å². The topological polar surface area (TPSA) is 40.5 Å². The SMILES string of the molecule is Cc1ccc2c(c1)C(C)CCN2C(=O)O.[I][V][I].[Re]. The Bertz CT molecular complexity index is 434. The van der Waals surface area contributed by atoms with E-state index < -0.39 is 6.09 Å². The molecule has 0 bridgehead atoms. The molecule has 1 aromatic rings. The van der Waals surface area contributed by atoms with Gasteiger partial charge in [0.2, 0.25) is 0 Å². The smallest absolute Gasteiger partial charge is 0 e. The number of halogens is 2. The molecule has 3 nitrogen and oxygen atoms in total. The van der Waals surface area contributed by atoms with Gasteiger partial charge in [-0.3, -0.25) is 4.90 Å². The van der Waals surface area contributed by atoms with E-state index in [2.05, 4.69) is 52.9 Å². The van der Waals surface area contributed by atoms with Crippen LogP contribution in [0.3, 0.4) is 0 Å². The minimum atomic E-state index is -0.855. The molecule has 1 amide bonds. The van der Waals surface area contributed by atoms with Crippen molar-refractivity contribution < 1.29 is 39.8 Å². The fourth-order valence-corrected chi connectivity index (χ4v) is 2.11. The van der Waals surface area contributed by atoms with Crippen LogP contribution >= 0.6 is 40.0 Å². The second-order valence-electron chi connectivity index (χ2n) is 4.25. The van der Waals surface area contributed by atoms with Gasteiger partial charge in [0.25, 0.3) is 0 Å². The van der Waals surface area contributed by atoms with Gasteiger partial charge in [0.1, 0.15) is 0 Å². The Hall–Kier alpha value is 1.20. The molecular weight excluding hydrogens is 681 g/mol. The molecular formula is C12H15I2NO2ReV. The molecule has 1 heterocycles. The van der Waals surface area contributed by atoms with Gasteiger partial charge < -0.3 is 5.11 Å². The molecule has 19 heavy (non-hydrogen) atoms. The Morgan fingerprint density at radius 3 is 2.58 bits per heavy atom. The predicted molar refractivity (Wildman–Crippen MR) is 87.6 cm³/mol. The Morgan fingerprint density at radius 1 is 1.47 bits per heavy atom. The van der Waals surface area contributed by atoms with Crippen molar-refractivity contribution in [2.75, 3.05) is 11.4 Å². The van der Waals surface area contributed by atoms with Crippen molar-refractivity contribution in [2.24, 2.45) is 0 Å². The van der Waals surface area contributed by atoms with Crippen LogP contribution in [0.2, 0.25) is 0 Å². The maximum absolute atomic E-state index is 11.0. The standard InChI is InChI=1S/C12H15NO2.2HI.Re.V/c1-8-3-4-11-10(7-8)9(2)5-6-13(11)12(14)15;;;;/h3-4,7,9H,5-6H2,1-2H3,(H,14,15);2*1H;;/q;;;;+2/p-2. The van der Waals surface area contributed by atoms with Crippen LogP contribution in [0.1, 0.15) is 30.4 Å². The molecule has 1 aliphatic heterocycles. The summed E-state index contributed by atoms with van der Waals surface area (Å²) in [6.07, 6.45) is 0.0509. The Morgan fingerprint density at radius 2 is 2.05 bits per heavy atom. The molecule has 1 atom stereocenters. The van der Waals surface area contributed by atoms with Crippen molar-refractivity contribution in [3.8, 4) is 0 Å². The molecule has 2 rings (SSSR count). The van der Waals surface area contributed by atoms with Crippen molar-refractivity contribution in [3.63, 3.8) is 0 Å². The number of carbonyl (C=O) groups is 1. The number of nitrogens with zero attached hydrogens (tertiary/aromatic N) is 1. The quantitative estimate of drug-likeness (QED) is 0.399. The molecule has 1 unspecified atom stereocenters. The second-order valence-corrected chi connectivity index (χ2v) is 16.0. The summed E-state index contributed by atoms with van der Waals surface area (Å²) in [6.45, 7) is 4.79. The van der Waals surface area contributed by atoms with Crippen LogP contribution in [0.5, 0.6) is 0 Å². The third kappa shape index (κ3) is 5.83. The molecule has 1 aliphatic rings. The third-order valence-electron chi connectivity index (χ3n) is 3.02. The molecule has 1 aromatic carbocycles. The Balaban J connectivity index is 0.000000742. The van der Waals surface area contributed by atoms with Gasteiger partial charge in [-0.15, -0.1) is 0 Å². The molecule has 1 N–H and O–H groups in total. The average molecular weight is 696 g/mol. The first-order valence-electron chi connectivity index (χ1n) is 5.54. The number of hydrogen-bond donors (Lipinski definition) is 1. The molecule has 0 spiro atoms. The number of fused-ring (bicyclic) bond motifs is 1. The van der Waals surface area contributed by atoms with E-state index in [4.69, 9.17) is 5.11 Å². The monoisotopic (exact) mass is 697 g/mol. The summed E-state index contributed by atoms with van der Waals surface area (Å²) >= 11 is 4.74. The van der Waals surface area contributed by atoms with Crippen molar-refractivity contribution in [1.82, 2.24) is 0 Å². The van der Waals surface area contributed by atoms with Gasteiger partial charge in [-0.05, 0) is 30.9 Å². The van der Waals surface area contributed by atoms with Crippen molar-refractivity contribution >= 4 is 51.7 Å². The molecule has 0 aliphatic carbocycles. The number of aryl methyl sites for hydroxylation is 1. The van der Waals surface area contributed by atoms with Crippen molar-refractivity contribution in [1.29, 1.82) is 0 Å². The van der Waals surface area contributed by atoms with Gasteiger partial charge in [-0.1, -0.05) is 24.6 Å². The van der Waals surface area contributed by atoms with Crippen molar-refractivity contribution in [2.45, 2.75) is 26.2 Å². The Labute approximate surface area is 156 Å². The molecule has 0 saturated carbocycles. The van der Waals surface area contributed by atoms with E-state index in [0.29, 0.717) is 21.9 Å². The van der Waals surface area contributed by atoms with Crippen LogP contribution in [-0.2, 0) is 29.9 Å². The zero-order valence-electron chi connectivity index (χ0n) is 10.6. The molecule has 0 aromatic heterocycles. The van der Waals surface area contributed by atoms with Gasteiger partial charge in [-0.25, -0.2) is 4.79 Å². The van der Waals surface area contributed by atoms with Crippen LogP contribution < -0.4 is 4.90 Å². The van der Waals surface area contributed by atoms with E-state index in [1.54, 1.807) is 0 Å². The van der Waals surface area contributed by atoms with Crippen LogP contribution in [0.4, 0.5) is 10.5 Å². The number of carboxylic acid groups (broad SMARTS) is 1. The van der Waals surface area contributed by atoms with Gasteiger partial charge in [0, 0.05) is 27.0 Å². The van der Waals surface area contributed by atoms with Gasteiger partial charge in [-0.2, -0.15) is 0 Å². The van der Waals surface area contributed by atoms with E-state index in [-0.39, 0.29) is 20.4 Å². The molecule has 0 saturated heterocycles. The number of hydrogen-bond acceptors (Lipinski definition) is 1. The summed E-state index contributed by atoms with van der Waals surface area (Å²) in [7, 11) is 0.628. The second kappa shape index (κ2) is 10.0. The minimum Gasteiger partial charge on any atom is 0 e. The summed E-state index contributed by atoms with van der Waals surface area (Å²) in [5, 5.41) is 9.07. The zero-order chi connectivity index (χ0) is 13.7. The molecule has 106 valence electrons. The first kappa shape index (κ1) is 20.2. The molecule has 1 radical (unpaired) electrons. The summed E-state index contributed by atoms with van der Waals surface area (Å²) < 4.78 is 0. The summed E-state index contributed by atoms with van der Waals surface area (Å²) in [6, 6.07) is 5.97. The fourth-order valence-electron chi connectivity index (χ4n) is 2.11. The largest absolute Gasteiger partial charge is 0 e. The van der Waals surface area contributed by atoms with Gasteiger partial charge in [0.05, 0.1) is 5.69 Å². The first-order chi connectivity index (χ1) is 8.51. The summed E-state index contributed by atoms with van der Waals surface area (Å²) in [4.78, 5) is 12.5. The van der Waals surface area contributed by atoms with Gasteiger partial charge in [0.15, 0.2) is 0 Å². The van der Waals surface area contributed by atoms with Crippen LogP contribution in [0, 0.1) is 6.92 Å². The maximum atomic E-state index is 11.0. The number of anilines is 1. The fraction of sp³-hybridized carbons (Fsp3) is 0.417. The zero-order valence-corrected chi connectivity index (χ0v) is 19.0. The normalized spacial score (nSPS) is 16.4. The summed E-state index contributed by atoms with van der Waals surface area (Å²) in [5.41, 5.74) is 3.20. The number of amides is 1. The molecule has 7 heteroatoms. The summed E-state index contributed by atoms with van der Waals surface area (Å²) in [5.74, 6) is 0.454. The minimum absolute atomic E-state index is 0. The molecule has 0 fully saturated rings. The van der Waals surface area contributed by atoms with E-state index in [1.165, 1.54) is 10.5 Å². The van der Waals surface area contributed by atoms with Crippen molar-refractivity contribution in [3.05, 3.63) is 29.3 Å². The third-order valence-corrected chi connectivity index (χ3v) is 3.02. The van der Waals surface area contributed by atoms with E-state index >= 15 is 0 Å². The van der Waals surface area contributed by atoms with Crippen LogP contribution in [0.15, 0.2) is 18.2 Å². The van der Waals surface area contributed by atoms with E-state index in [0.717, 1.165) is 17.7 Å². The van der Waals surface area contributed by atoms with E-state index in [9.17, 15) is 4.79 Å². The maximum Gasteiger partial charge on any atom is 0 e. The number of benzene rings is 1. The van der Waals surface area contributed by atoms with Crippen LogP contribution in [-0.4, -0.2) is 17.7 Å². The Kier molecular flexibility index (Phi) is 10.6. The van der Waals surface area contributed by atoms with Gasteiger partial charge >= 0.3 is 55.5 Å². The van der Waals surface area contributed by atoms with E-state index in [1.807, 2.05) is 19.1 Å². The number of rotatable bonds is 0.